The molecule has 1 aliphatic carbocycles. The molecule has 1 aliphatic rings. The lowest BCUT2D eigenvalue weighted by Crippen LogP contribution is -2.30. The fourth-order valence-electron chi connectivity index (χ4n) is 1.39. The zero-order chi connectivity index (χ0) is 10.8. The van der Waals surface area contributed by atoms with Crippen LogP contribution in [0.5, 0.6) is 0 Å². The summed E-state index contributed by atoms with van der Waals surface area (Å²) < 4.78 is 0. The lowest BCUT2D eigenvalue weighted by atomic mass is 9.81. The first-order valence-electron chi connectivity index (χ1n) is 5.25. The van der Waals surface area contributed by atoms with E-state index < -0.39 is 0 Å². The van der Waals surface area contributed by atoms with E-state index in [1.165, 1.54) is 5.57 Å². The molecule has 0 saturated carbocycles. The highest BCUT2D eigenvalue weighted by atomic mass is 14.7. The molecule has 1 unspecified atom stereocenters. The molecule has 1 atom stereocenters. The SMILES string of the molecule is CCC(C)(C)C1=CC=CC(C)(N)C=C1. The first kappa shape index (κ1) is 11.3. The number of hydrogen-bond donors (Lipinski definition) is 1. The van der Waals surface area contributed by atoms with E-state index in [-0.39, 0.29) is 11.0 Å². The molecule has 0 fully saturated rings. The highest BCUT2D eigenvalue weighted by Crippen LogP contribution is 2.32. The standard InChI is InChI=1S/C13H21N/c1-5-12(2,3)11-7-6-9-13(4,14)10-8-11/h6-10H,5,14H2,1-4H3. The Kier molecular flexibility index (Phi) is 3.01. The molecule has 1 nitrogen and oxygen atoms in total. The van der Waals surface area contributed by atoms with Gasteiger partial charge in [-0.25, -0.2) is 0 Å². The topological polar surface area (TPSA) is 26.0 Å². The number of rotatable bonds is 2. The number of hydrogen-bond acceptors (Lipinski definition) is 1. The summed E-state index contributed by atoms with van der Waals surface area (Å²) in [6, 6.07) is 0. The molecule has 0 spiro atoms. The highest BCUT2D eigenvalue weighted by molar-refractivity contribution is 5.36. The van der Waals surface area contributed by atoms with Crippen LogP contribution in [0.1, 0.15) is 34.1 Å². The van der Waals surface area contributed by atoms with Crippen molar-refractivity contribution in [1.82, 2.24) is 0 Å². The fourth-order valence-corrected chi connectivity index (χ4v) is 1.39. The molecule has 0 heterocycles. The average Bonchev–Trinajstić information content (AvgIpc) is 2.26. The predicted octanol–water partition coefficient (Wildman–Crippen LogP) is 3.19. The summed E-state index contributed by atoms with van der Waals surface area (Å²) in [6.45, 7) is 8.74. The van der Waals surface area contributed by atoms with E-state index in [0.717, 1.165) is 6.42 Å². The van der Waals surface area contributed by atoms with Gasteiger partial charge in [-0.15, -0.1) is 0 Å². The van der Waals surface area contributed by atoms with Crippen molar-refractivity contribution in [2.24, 2.45) is 11.1 Å². The maximum absolute atomic E-state index is 6.02. The van der Waals surface area contributed by atoms with Crippen LogP contribution < -0.4 is 5.73 Å². The van der Waals surface area contributed by atoms with E-state index in [2.05, 4.69) is 45.1 Å². The first-order chi connectivity index (χ1) is 6.37. The van der Waals surface area contributed by atoms with E-state index in [9.17, 15) is 0 Å². The molecule has 0 aromatic heterocycles. The summed E-state index contributed by atoms with van der Waals surface area (Å²) in [4.78, 5) is 0. The van der Waals surface area contributed by atoms with E-state index in [0.29, 0.717) is 0 Å². The van der Waals surface area contributed by atoms with Crippen molar-refractivity contribution in [2.45, 2.75) is 39.7 Å². The van der Waals surface area contributed by atoms with Crippen molar-refractivity contribution in [1.29, 1.82) is 0 Å². The maximum atomic E-state index is 6.02. The minimum atomic E-state index is -0.304. The third-order valence-electron chi connectivity index (χ3n) is 3.02. The fraction of sp³-hybridized carbons (Fsp3) is 0.538. The summed E-state index contributed by atoms with van der Waals surface area (Å²) in [6.07, 6.45) is 11.6. The van der Waals surface area contributed by atoms with Crippen molar-refractivity contribution < 1.29 is 0 Å². The van der Waals surface area contributed by atoms with Crippen molar-refractivity contribution >= 4 is 0 Å². The number of allylic oxidation sites excluding steroid dienone is 4. The van der Waals surface area contributed by atoms with Crippen LogP contribution in [0.25, 0.3) is 0 Å². The van der Waals surface area contributed by atoms with Crippen LogP contribution in [0.2, 0.25) is 0 Å². The predicted molar refractivity (Wildman–Crippen MR) is 63.0 cm³/mol. The normalized spacial score (nSPS) is 27.4. The van der Waals surface area contributed by atoms with Crippen LogP contribution in [0.15, 0.2) is 36.0 Å². The van der Waals surface area contributed by atoms with Gasteiger partial charge in [-0.1, -0.05) is 51.2 Å². The molecule has 1 rings (SSSR count). The third-order valence-corrected chi connectivity index (χ3v) is 3.02. The van der Waals surface area contributed by atoms with Crippen LogP contribution in [0.3, 0.4) is 0 Å². The lowest BCUT2D eigenvalue weighted by molar-refractivity contribution is 0.440. The van der Waals surface area contributed by atoms with Crippen molar-refractivity contribution in [3.63, 3.8) is 0 Å². The Hall–Kier alpha value is -0.820. The first-order valence-corrected chi connectivity index (χ1v) is 5.25. The zero-order valence-corrected chi connectivity index (χ0v) is 9.67. The molecule has 0 amide bonds. The Morgan fingerprint density at radius 3 is 2.57 bits per heavy atom. The molecule has 0 aromatic carbocycles. The van der Waals surface area contributed by atoms with Gasteiger partial charge in [0.15, 0.2) is 0 Å². The van der Waals surface area contributed by atoms with Gasteiger partial charge in [0.1, 0.15) is 0 Å². The summed E-state index contributed by atoms with van der Waals surface area (Å²) in [5.41, 5.74) is 7.30. The van der Waals surface area contributed by atoms with Crippen LogP contribution in [-0.4, -0.2) is 5.54 Å². The van der Waals surface area contributed by atoms with Gasteiger partial charge in [0.25, 0.3) is 0 Å². The zero-order valence-electron chi connectivity index (χ0n) is 9.67. The third kappa shape index (κ3) is 2.58. The summed E-state index contributed by atoms with van der Waals surface area (Å²) in [7, 11) is 0. The van der Waals surface area contributed by atoms with E-state index >= 15 is 0 Å². The molecule has 0 radical (unpaired) electrons. The van der Waals surface area contributed by atoms with Crippen molar-refractivity contribution in [2.75, 3.05) is 0 Å². The second-order valence-electron chi connectivity index (χ2n) is 4.92. The van der Waals surface area contributed by atoms with E-state index in [1.54, 1.807) is 0 Å². The Balaban J connectivity index is 2.96. The molecule has 0 saturated heterocycles. The molecule has 0 aliphatic heterocycles. The molecular formula is C13H21N. The van der Waals surface area contributed by atoms with Gasteiger partial charge >= 0.3 is 0 Å². The van der Waals surface area contributed by atoms with Gasteiger partial charge in [0.05, 0.1) is 5.54 Å². The van der Waals surface area contributed by atoms with Gasteiger partial charge < -0.3 is 5.73 Å². The Morgan fingerprint density at radius 2 is 2.00 bits per heavy atom. The minimum Gasteiger partial charge on any atom is -0.319 e. The van der Waals surface area contributed by atoms with E-state index in [4.69, 9.17) is 5.73 Å². The molecule has 0 bridgehead atoms. The van der Waals surface area contributed by atoms with Crippen LogP contribution in [0.4, 0.5) is 0 Å². The molecular weight excluding hydrogens is 170 g/mol. The van der Waals surface area contributed by atoms with E-state index in [1.807, 2.05) is 13.0 Å². The molecule has 1 heteroatoms. The average molecular weight is 191 g/mol. The monoisotopic (exact) mass is 191 g/mol. The second kappa shape index (κ2) is 3.74. The van der Waals surface area contributed by atoms with Gasteiger partial charge in [0, 0.05) is 0 Å². The Morgan fingerprint density at radius 1 is 1.36 bits per heavy atom. The Bertz CT molecular complexity index is 290. The summed E-state index contributed by atoms with van der Waals surface area (Å²) in [5.74, 6) is 0. The molecule has 78 valence electrons. The quantitative estimate of drug-likeness (QED) is 0.712. The van der Waals surface area contributed by atoms with Crippen molar-refractivity contribution in [3.8, 4) is 0 Å². The van der Waals surface area contributed by atoms with Crippen LogP contribution in [-0.2, 0) is 0 Å². The van der Waals surface area contributed by atoms with Gasteiger partial charge in [-0.3, -0.25) is 0 Å². The Labute approximate surface area is 87.4 Å². The molecule has 0 aromatic rings. The minimum absolute atomic E-state index is 0.237. The molecule has 14 heavy (non-hydrogen) atoms. The van der Waals surface area contributed by atoms with Crippen LogP contribution in [0, 0.1) is 5.41 Å². The van der Waals surface area contributed by atoms with Crippen LogP contribution >= 0.6 is 0 Å². The highest BCUT2D eigenvalue weighted by Gasteiger charge is 2.20. The lowest BCUT2D eigenvalue weighted by Gasteiger charge is -2.24. The largest absolute Gasteiger partial charge is 0.319 e. The summed E-state index contributed by atoms with van der Waals surface area (Å²) >= 11 is 0. The smallest absolute Gasteiger partial charge is 0.0502 e. The van der Waals surface area contributed by atoms with Gasteiger partial charge in [0.2, 0.25) is 0 Å². The van der Waals surface area contributed by atoms with Gasteiger partial charge in [-0.05, 0) is 24.3 Å². The maximum Gasteiger partial charge on any atom is 0.0502 e. The number of nitrogens with two attached hydrogens (primary N) is 1. The summed E-state index contributed by atoms with van der Waals surface area (Å²) in [5, 5.41) is 0. The molecule has 2 N–H and O–H groups in total. The van der Waals surface area contributed by atoms with Crippen molar-refractivity contribution in [3.05, 3.63) is 36.0 Å². The van der Waals surface area contributed by atoms with Gasteiger partial charge in [-0.2, -0.15) is 0 Å². The second-order valence-corrected chi connectivity index (χ2v) is 4.92.